The number of benzene rings is 2. The lowest BCUT2D eigenvalue weighted by Crippen LogP contribution is -2.51. The molecule has 0 aliphatic carbocycles. The summed E-state index contributed by atoms with van der Waals surface area (Å²) in [5.74, 6) is -0.188. The SMILES string of the molecule is O=C(C1=NN(c2ccc(Cl)cc2)C(=O)CC1)N1CCN(Cc2ccccc2)CC1. The smallest absolute Gasteiger partial charge is 0.270 e. The van der Waals surface area contributed by atoms with Crippen molar-refractivity contribution in [2.24, 2.45) is 5.10 Å². The molecule has 0 unspecified atom stereocenters. The number of hydrogen-bond acceptors (Lipinski definition) is 4. The molecule has 4 rings (SSSR count). The van der Waals surface area contributed by atoms with E-state index in [1.165, 1.54) is 10.6 Å². The summed E-state index contributed by atoms with van der Waals surface area (Å²) in [6.45, 7) is 3.88. The second-order valence-corrected chi connectivity index (χ2v) is 7.72. The summed E-state index contributed by atoms with van der Waals surface area (Å²) in [6.07, 6.45) is 0.660. The topological polar surface area (TPSA) is 56.2 Å². The van der Waals surface area contributed by atoms with Crippen LogP contribution in [0.5, 0.6) is 0 Å². The number of nitrogens with zero attached hydrogens (tertiary/aromatic N) is 4. The molecule has 2 aromatic carbocycles. The Morgan fingerprint density at radius 2 is 1.62 bits per heavy atom. The van der Waals surface area contributed by atoms with Gasteiger partial charge in [-0.1, -0.05) is 41.9 Å². The maximum atomic E-state index is 13.0. The number of amides is 2. The Hall–Kier alpha value is -2.70. The molecule has 0 N–H and O–H groups in total. The lowest BCUT2D eigenvalue weighted by atomic mass is 10.1. The number of piperazine rings is 1. The minimum Gasteiger partial charge on any atom is -0.335 e. The zero-order chi connectivity index (χ0) is 20.2. The molecule has 0 atom stereocenters. The van der Waals surface area contributed by atoms with Crippen LogP contribution in [0.2, 0.25) is 5.02 Å². The fraction of sp³-hybridized carbons (Fsp3) is 0.318. The van der Waals surface area contributed by atoms with Crippen LogP contribution in [-0.2, 0) is 16.1 Å². The van der Waals surface area contributed by atoms with Crippen molar-refractivity contribution in [2.45, 2.75) is 19.4 Å². The van der Waals surface area contributed by atoms with Crippen LogP contribution in [0.15, 0.2) is 59.7 Å². The average Bonchev–Trinajstić information content (AvgIpc) is 2.76. The first-order valence-electron chi connectivity index (χ1n) is 9.82. The van der Waals surface area contributed by atoms with Crippen LogP contribution >= 0.6 is 11.6 Å². The molecule has 2 aromatic rings. The molecule has 0 radical (unpaired) electrons. The summed E-state index contributed by atoms with van der Waals surface area (Å²) in [6, 6.07) is 17.2. The van der Waals surface area contributed by atoms with E-state index in [9.17, 15) is 9.59 Å². The normalized spacial score (nSPS) is 18.0. The molecule has 2 aliphatic heterocycles. The molecular weight excluding hydrogens is 388 g/mol. The quantitative estimate of drug-likeness (QED) is 0.777. The van der Waals surface area contributed by atoms with Crippen LogP contribution in [0.4, 0.5) is 5.69 Å². The fourth-order valence-corrected chi connectivity index (χ4v) is 3.75. The number of hydrogen-bond donors (Lipinski definition) is 0. The van der Waals surface area contributed by atoms with Gasteiger partial charge in [-0.25, -0.2) is 5.01 Å². The van der Waals surface area contributed by atoms with Crippen molar-refractivity contribution < 1.29 is 9.59 Å². The van der Waals surface area contributed by atoms with Gasteiger partial charge in [-0.05, 0) is 29.8 Å². The van der Waals surface area contributed by atoms with Crippen molar-refractivity contribution in [1.29, 1.82) is 0 Å². The minimum absolute atomic E-state index is 0.0733. The predicted octanol–water partition coefficient (Wildman–Crippen LogP) is 3.17. The van der Waals surface area contributed by atoms with Crippen LogP contribution in [0.1, 0.15) is 18.4 Å². The maximum Gasteiger partial charge on any atom is 0.270 e. The molecule has 0 aromatic heterocycles. The van der Waals surface area contributed by atoms with E-state index in [1.54, 1.807) is 24.3 Å². The zero-order valence-electron chi connectivity index (χ0n) is 16.1. The van der Waals surface area contributed by atoms with Crippen molar-refractivity contribution in [3.8, 4) is 0 Å². The summed E-state index contributed by atoms with van der Waals surface area (Å²) in [7, 11) is 0. The van der Waals surface area contributed by atoms with Crippen LogP contribution in [0, 0.1) is 0 Å². The molecule has 6 nitrogen and oxygen atoms in total. The van der Waals surface area contributed by atoms with Crippen LogP contribution in [-0.4, -0.2) is 53.5 Å². The molecule has 29 heavy (non-hydrogen) atoms. The Morgan fingerprint density at radius 1 is 0.931 bits per heavy atom. The van der Waals surface area contributed by atoms with Gasteiger partial charge in [0.25, 0.3) is 5.91 Å². The summed E-state index contributed by atoms with van der Waals surface area (Å²) in [5, 5.41) is 6.29. The van der Waals surface area contributed by atoms with Crippen molar-refractivity contribution in [3.63, 3.8) is 0 Å². The lowest BCUT2D eigenvalue weighted by Gasteiger charge is -2.35. The second kappa shape index (κ2) is 8.76. The van der Waals surface area contributed by atoms with E-state index in [0.717, 1.165) is 19.6 Å². The van der Waals surface area contributed by atoms with Gasteiger partial charge in [0.05, 0.1) is 5.69 Å². The predicted molar refractivity (Wildman–Crippen MR) is 114 cm³/mol. The van der Waals surface area contributed by atoms with Gasteiger partial charge in [0.15, 0.2) is 0 Å². The highest BCUT2D eigenvalue weighted by molar-refractivity contribution is 6.40. The largest absolute Gasteiger partial charge is 0.335 e. The molecule has 2 heterocycles. The van der Waals surface area contributed by atoms with Crippen LogP contribution in [0.25, 0.3) is 0 Å². The number of carbonyl (C=O) groups excluding carboxylic acids is 2. The molecule has 2 aliphatic rings. The molecular formula is C22H23ClN4O2. The molecule has 0 saturated carbocycles. The first-order chi connectivity index (χ1) is 14.1. The average molecular weight is 411 g/mol. The van der Waals surface area contributed by atoms with Gasteiger partial charge in [0.1, 0.15) is 5.71 Å². The lowest BCUT2D eigenvalue weighted by molar-refractivity contribution is -0.126. The zero-order valence-corrected chi connectivity index (χ0v) is 16.9. The Balaban J connectivity index is 1.39. The molecule has 0 bridgehead atoms. The number of anilines is 1. The standard InChI is InChI=1S/C22H23ClN4O2/c23-18-6-8-19(9-7-18)27-21(28)11-10-20(24-27)22(29)26-14-12-25(13-15-26)16-17-4-2-1-3-5-17/h1-9H,10-16H2. The van der Waals surface area contributed by atoms with E-state index < -0.39 is 0 Å². The number of hydrazone groups is 1. The molecule has 1 saturated heterocycles. The third-order valence-corrected chi connectivity index (χ3v) is 5.51. The highest BCUT2D eigenvalue weighted by Crippen LogP contribution is 2.23. The Labute approximate surface area is 175 Å². The van der Waals surface area contributed by atoms with E-state index in [2.05, 4.69) is 22.1 Å². The van der Waals surface area contributed by atoms with Crippen molar-refractivity contribution in [2.75, 3.05) is 31.2 Å². The molecule has 0 spiro atoms. The van der Waals surface area contributed by atoms with Gasteiger partial charge < -0.3 is 4.90 Å². The fourth-order valence-electron chi connectivity index (χ4n) is 3.62. The Bertz CT molecular complexity index is 906. The third-order valence-electron chi connectivity index (χ3n) is 5.26. The van der Waals surface area contributed by atoms with Gasteiger partial charge in [-0.15, -0.1) is 0 Å². The van der Waals surface area contributed by atoms with Crippen molar-refractivity contribution in [3.05, 3.63) is 65.2 Å². The van der Waals surface area contributed by atoms with Gasteiger partial charge in [0.2, 0.25) is 5.91 Å². The molecule has 7 heteroatoms. The highest BCUT2D eigenvalue weighted by atomic mass is 35.5. The van der Waals surface area contributed by atoms with Crippen molar-refractivity contribution >= 4 is 34.8 Å². The number of carbonyl (C=O) groups is 2. The Morgan fingerprint density at radius 3 is 2.31 bits per heavy atom. The van der Waals surface area contributed by atoms with E-state index in [4.69, 9.17) is 11.6 Å². The minimum atomic E-state index is -0.114. The van der Waals surface area contributed by atoms with E-state index in [0.29, 0.717) is 35.9 Å². The van der Waals surface area contributed by atoms with Gasteiger partial charge in [-0.2, -0.15) is 5.10 Å². The highest BCUT2D eigenvalue weighted by Gasteiger charge is 2.30. The molecule has 150 valence electrons. The monoisotopic (exact) mass is 410 g/mol. The number of rotatable bonds is 4. The first kappa shape index (κ1) is 19.6. The summed E-state index contributed by atoms with van der Waals surface area (Å²) in [5.41, 5.74) is 2.34. The van der Waals surface area contributed by atoms with Crippen LogP contribution in [0.3, 0.4) is 0 Å². The van der Waals surface area contributed by atoms with Gasteiger partial charge in [-0.3, -0.25) is 14.5 Å². The van der Waals surface area contributed by atoms with E-state index in [1.807, 2.05) is 23.1 Å². The van der Waals surface area contributed by atoms with Crippen molar-refractivity contribution in [1.82, 2.24) is 9.80 Å². The molecule has 1 fully saturated rings. The van der Waals surface area contributed by atoms with Gasteiger partial charge in [0, 0.05) is 50.6 Å². The maximum absolute atomic E-state index is 13.0. The van der Waals surface area contributed by atoms with E-state index >= 15 is 0 Å². The first-order valence-corrected chi connectivity index (χ1v) is 10.2. The third kappa shape index (κ3) is 4.66. The summed E-state index contributed by atoms with van der Waals surface area (Å²) >= 11 is 5.93. The van der Waals surface area contributed by atoms with Gasteiger partial charge >= 0.3 is 0 Å². The second-order valence-electron chi connectivity index (χ2n) is 7.28. The Kier molecular flexibility index (Phi) is 5.92. The van der Waals surface area contributed by atoms with Crippen LogP contribution < -0.4 is 5.01 Å². The number of halogens is 1. The summed E-state index contributed by atoms with van der Waals surface area (Å²) < 4.78 is 0. The molecule has 2 amide bonds. The van der Waals surface area contributed by atoms with E-state index in [-0.39, 0.29) is 18.2 Å². The summed E-state index contributed by atoms with van der Waals surface area (Å²) in [4.78, 5) is 29.5.